The summed E-state index contributed by atoms with van der Waals surface area (Å²) in [6.45, 7) is 7.05. The number of rotatable bonds is 8. The molecule has 1 heterocycles. The maximum Gasteiger partial charge on any atom is 0.251 e. The first-order valence-corrected chi connectivity index (χ1v) is 9.91. The molecule has 5 nitrogen and oxygen atoms in total. The molecule has 0 fully saturated rings. The van der Waals surface area contributed by atoms with Crippen LogP contribution < -0.4 is 10.6 Å². The Morgan fingerprint density at radius 3 is 2.48 bits per heavy atom. The van der Waals surface area contributed by atoms with Crippen molar-refractivity contribution in [3.8, 4) is 11.3 Å². The smallest absolute Gasteiger partial charge is 0.251 e. The van der Waals surface area contributed by atoms with Gasteiger partial charge in [0.1, 0.15) is 11.5 Å². The summed E-state index contributed by atoms with van der Waals surface area (Å²) in [5.74, 6) is 1.93. The lowest BCUT2D eigenvalue weighted by molar-refractivity contribution is 0.0949. The van der Waals surface area contributed by atoms with Crippen LogP contribution in [0.5, 0.6) is 0 Å². The van der Waals surface area contributed by atoms with Crippen LogP contribution >= 0.6 is 0 Å². The van der Waals surface area contributed by atoms with Crippen LogP contribution in [-0.4, -0.2) is 17.6 Å². The predicted octanol–water partition coefficient (Wildman–Crippen LogP) is 5.00. The van der Waals surface area contributed by atoms with Gasteiger partial charge in [-0.3, -0.25) is 4.79 Å². The van der Waals surface area contributed by atoms with Gasteiger partial charge in [0.05, 0.1) is 12.6 Å². The van der Waals surface area contributed by atoms with Crippen molar-refractivity contribution in [1.82, 2.24) is 5.32 Å². The Bertz CT molecular complexity index is 943. The summed E-state index contributed by atoms with van der Waals surface area (Å²) in [7, 11) is 0. The van der Waals surface area contributed by atoms with Crippen LogP contribution in [0.3, 0.4) is 0 Å². The van der Waals surface area contributed by atoms with Crippen LogP contribution in [0.15, 0.2) is 65.1 Å². The van der Waals surface area contributed by atoms with Crippen molar-refractivity contribution < 1.29 is 14.3 Å². The van der Waals surface area contributed by atoms with E-state index in [1.165, 1.54) is 0 Å². The molecule has 0 bridgehead atoms. The lowest BCUT2D eigenvalue weighted by atomic mass is 10.1. The van der Waals surface area contributed by atoms with Crippen molar-refractivity contribution >= 4 is 11.6 Å². The van der Waals surface area contributed by atoms with Crippen LogP contribution in [0.2, 0.25) is 0 Å². The number of nitrogens with one attached hydrogen (secondary N) is 2. The largest absolute Gasteiger partial charge is 0.459 e. The predicted molar refractivity (Wildman–Crippen MR) is 116 cm³/mol. The summed E-state index contributed by atoms with van der Waals surface area (Å²) in [6, 6.07) is 19.0. The van der Waals surface area contributed by atoms with Crippen LogP contribution in [0.4, 0.5) is 5.69 Å². The molecule has 3 aromatic rings. The van der Waals surface area contributed by atoms with Crippen LogP contribution in [0.25, 0.3) is 11.3 Å². The number of benzene rings is 2. The lowest BCUT2D eigenvalue weighted by Gasteiger charge is -2.09. The average Bonchev–Trinajstić information content (AvgIpc) is 3.20. The number of carbonyl (C=O) groups is 1. The van der Waals surface area contributed by atoms with Gasteiger partial charge in [0.15, 0.2) is 0 Å². The van der Waals surface area contributed by atoms with E-state index in [-0.39, 0.29) is 5.91 Å². The van der Waals surface area contributed by atoms with E-state index in [9.17, 15) is 9.90 Å². The topological polar surface area (TPSA) is 74.5 Å². The quantitative estimate of drug-likeness (QED) is 0.504. The molecular formula is C24H28N2O3. The van der Waals surface area contributed by atoms with Gasteiger partial charge in [0.25, 0.3) is 5.91 Å². The fourth-order valence-electron chi connectivity index (χ4n) is 2.91. The van der Waals surface area contributed by atoms with Crippen LogP contribution in [0.1, 0.15) is 48.6 Å². The zero-order valence-electron chi connectivity index (χ0n) is 17.1. The van der Waals surface area contributed by atoms with Crippen LogP contribution in [0, 0.1) is 5.92 Å². The number of amides is 1. The minimum atomic E-state index is -0.483. The van der Waals surface area contributed by atoms with Gasteiger partial charge in [-0.2, -0.15) is 0 Å². The van der Waals surface area contributed by atoms with E-state index in [1.54, 1.807) is 6.92 Å². The molecule has 0 aliphatic carbocycles. The first-order chi connectivity index (χ1) is 13.9. The number of carbonyl (C=O) groups excluding carboxylic acids is 1. The molecule has 152 valence electrons. The molecule has 0 saturated carbocycles. The molecular weight excluding hydrogens is 364 g/mol. The third-order valence-electron chi connectivity index (χ3n) is 4.60. The van der Waals surface area contributed by atoms with E-state index in [1.807, 2.05) is 60.7 Å². The Kier molecular flexibility index (Phi) is 6.73. The molecule has 3 rings (SSSR count). The van der Waals surface area contributed by atoms with Gasteiger partial charge >= 0.3 is 0 Å². The molecule has 1 atom stereocenters. The Balaban J connectivity index is 1.61. The minimum absolute atomic E-state index is 0.0664. The molecule has 3 N–H and O–H groups in total. The van der Waals surface area contributed by atoms with Gasteiger partial charge < -0.3 is 20.2 Å². The van der Waals surface area contributed by atoms with E-state index >= 15 is 0 Å². The van der Waals surface area contributed by atoms with Gasteiger partial charge in [0, 0.05) is 23.4 Å². The fourth-order valence-corrected chi connectivity index (χ4v) is 2.91. The van der Waals surface area contributed by atoms with Crippen LogP contribution in [-0.2, 0) is 6.54 Å². The van der Waals surface area contributed by atoms with Crippen molar-refractivity contribution in [2.75, 3.05) is 11.9 Å². The molecule has 2 aromatic carbocycles. The molecule has 0 aliphatic rings. The molecule has 0 saturated heterocycles. The monoisotopic (exact) mass is 392 g/mol. The van der Waals surface area contributed by atoms with E-state index in [0.717, 1.165) is 28.3 Å². The highest BCUT2D eigenvalue weighted by Crippen LogP contribution is 2.24. The summed E-state index contributed by atoms with van der Waals surface area (Å²) in [5, 5.41) is 15.9. The van der Waals surface area contributed by atoms with E-state index in [2.05, 4.69) is 24.5 Å². The van der Waals surface area contributed by atoms with E-state index < -0.39 is 6.10 Å². The maximum absolute atomic E-state index is 12.2. The van der Waals surface area contributed by atoms with Gasteiger partial charge in [-0.15, -0.1) is 0 Å². The molecule has 0 radical (unpaired) electrons. The maximum atomic E-state index is 12.2. The summed E-state index contributed by atoms with van der Waals surface area (Å²) < 4.78 is 5.93. The Labute approximate surface area is 171 Å². The number of furan rings is 1. The molecule has 1 amide bonds. The molecule has 0 spiro atoms. The number of hydrogen-bond donors (Lipinski definition) is 3. The number of aliphatic hydroxyl groups excluding tert-OH is 1. The van der Waals surface area contributed by atoms with Crippen molar-refractivity contribution in [3.05, 3.63) is 77.6 Å². The number of anilines is 1. The zero-order chi connectivity index (χ0) is 20.8. The van der Waals surface area contributed by atoms with Gasteiger partial charge in [0.2, 0.25) is 0 Å². The standard InChI is InChI=1S/C24H28N2O3/c1-16(2)14-26-24(28)20-5-4-6-21(13-20)25-15-22-11-12-23(29-22)19-9-7-18(8-10-19)17(3)27/h4-13,16-17,25,27H,14-15H2,1-3H3,(H,26,28). The highest BCUT2D eigenvalue weighted by Gasteiger charge is 2.09. The van der Waals surface area contributed by atoms with Crippen molar-refractivity contribution in [2.45, 2.75) is 33.4 Å². The van der Waals surface area contributed by atoms with E-state index in [0.29, 0.717) is 24.6 Å². The molecule has 0 aliphatic heterocycles. The lowest BCUT2D eigenvalue weighted by Crippen LogP contribution is -2.27. The van der Waals surface area contributed by atoms with Gasteiger partial charge in [-0.05, 0) is 48.7 Å². The summed E-state index contributed by atoms with van der Waals surface area (Å²) >= 11 is 0. The Hall–Kier alpha value is -3.05. The zero-order valence-corrected chi connectivity index (χ0v) is 17.1. The second kappa shape index (κ2) is 9.43. The van der Waals surface area contributed by atoms with Crippen molar-refractivity contribution in [2.24, 2.45) is 5.92 Å². The molecule has 1 unspecified atom stereocenters. The number of aliphatic hydroxyl groups is 1. The van der Waals surface area contributed by atoms with Crippen molar-refractivity contribution in [1.29, 1.82) is 0 Å². The first-order valence-electron chi connectivity index (χ1n) is 9.91. The molecule has 29 heavy (non-hydrogen) atoms. The third-order valence-corrected chi connectivity index (χ3v) is 4.60. The highest BCUT2D eigenvalue weighted by molar-refractivity contribution is 5.95. The van der Waals surface area contributed by atoms with E-state index in [4.69, 9.17) is 4.42 Å². The summed E-state index contributed by atoms with van der Waals surface area (Å²) in [4.78, 5) is 12.2. The SMILES string of the molecule is CC(C)CNC(=O)c1cccc(NCc2ccc(-c3ccc(C(C)O)cc3)o2)c1. The second-order valence-electron chi connectivity index (χ2n) is 7.60. The average molecular weight is 392 g/mol. The second-order valence-corrected chi connectivity index (χ2v) is 7.60. The highest BCUT2D eigenvalue weighted by atomic mass is 16.3. The van der Waals surface area contributed by atoms with Crippen molar-refractivity contribution in [3.63, 3.8) is 0 Å². The fraction of sp³-hybridized carbons (Fsp3) is 0.292. The molecule has 1 aromatic heterocycles. The Morgan fingerprint density at radius 2 is 1.79 bits per heavy atom. The Morgan fingerprint density at radius 1 is 1.03 bits per heavy atom. The molecule has 5 heteroatoms. The van der Waals surface area contributed by atoms with Gasteiger partial charge in [-0.25, -0.2) is 0 Å². The minimum Gasteiger partial charge on any atom is -0.459 e. The van der Waals surface area contributed by atoms with Gasteiger partial charge in [-0.1, -0.05) is 44.2 Å². The summed E-state index contributed by atoms with van der Waals surface area (Å²) in [5.41, 5.74) is 3.33. The summed E-state index contributed by atoms with van der Waals surface area (Å²) in [6.07, 6.45) is -0.483. The first kappa shape index (κ1) is 20.7. The third kappa shape index (κ3) is 5.72. The number of hydrogen-bond acceptors (Lipinski definition) is 4. The normalized spacial score (nSPS) is 12.0.